The molecule has 2 rings (SSSR count). The standard InChI is InChI=1S/C19H22ClN3O2/c1-3-23(4-2)19(25)17-10-6-9-16(22-17)18(24)21-12-11-14-7-5-8-15(20)13-14/h5-10,13H,3-4,11-12H2,1-2H3,(H,21,24). The Kier molecular flexibility index (Phi) is 6.95. The largest absolute Gasteiger partial charge is 0.350 e. The average Bonchev–Trinajstić information content (AvgIpc) is 2.62. The van der Waals surface area contributed by atoms with E-state index in [-0.39, 0.29) is 23.2 Å². The lowest BCUT2D eigenvalue weighted by atomic mass is 10.1. The lowest BCUT2D eigenvalue weighted by Gasteiger charge is -2.18. The summed E-state index contributed by atoms with van der Waals surface area (Å²) in [7, 11) is 0. The highest BCUT2D eigenvalue weighted by atomic mass is 35.5. The van der Waals surface area contributed by atoms with E-state index in [9.17, 15) is 9.59 Å². The SMILES string of the molecule is CCN(CC)C(=O)c1cccc(C(=O)NCCc2cccc(Cl)c2)n1. The number of carbonyl (C=O) groups is 2. The van der Waals surface area contributed by atoms with Crippen molar-refractivity contribution in [2.24, 2.45) is 0 Å². The number of rotatable bonds is 7. The number of benzene rings is 1. The van der Waals surface area contributed by atoms with Crippen LogP contribution in [0.25, 0.3) is 0 Å². The van der Waals surface area contributed by atoms with E-state index < -0.39 is 0 Å². The zero-order chi connectivity index (χ0) is 18.2. The van der Waals surface area contributed by atoms with Crippen molar-refractivity contribution in [1.82, 2.24) is 15.2 Å². The third-order valence-corrected chi connectivity index (χ3v) is 4.07. The molecule has 0 saturated heterocycles. The minimum atomic E-state index is -0.295. The number of amides is 2. The Morgan fingerprint density at radius 1 is 1.08 bits per heavy atom. The van der Waals surface area contributed by atoms with Crippen LogP contribution < -0.4 is 5.32 Å². The molecular weight excluding hydrogens is 338 g/mol. The first-order valence-electron chi connectivity index (χ1n) is 8.34. The van der Waals surface area contributed by atoms with Crippen molar-refractivity contribution in [3.8, 4) is 0 Å². The molecule has 2 aromatic rings. The lowest BCUT2D eigenvalue weighted by Crippen LogP contribution is -2.32. The first-order valence-corrected chi connectivity index (χ1v) is 8.72. The summed E-state index contributed by atoms with van der Waals surface area (Å²) >= 11 is 5.95. The molecule has 1 heterocycles. The van der Waals surface area contributed by atoms with Gasteiger partial charge >= 0.3 is 0 Å². The normalized spacial score (nSPS) is 10.4. The van der Waals surface area contributed by atoms with Gasteiger partial charge in [-0.05, 0) is 50.1 Å². The molecule has 25 heavy (non-hydrogen) atoms. The quantitative estimate of drug-likeness (QED) is 0.825. The maximum Gasteiger partial charge on any atom is 0.272 e. The molecule has 0 bridgehead atoms. The number of hydrogen-bond donors (Lipinski definition) is 1. The molecule has 0 unspecified atom stereocenters. The van der Waals surface area contributed by atoms with Crippen LogP contribution >= 0.6 is 11.6 Å². The van der Waals surface area contributed by atoms with Crippen molar-refractivity contribution in [1.29, 1.82) is 0 Å². The highest BCUT2D eigenvalue weighted by molar-refractivity contribution is 6.30. The monoisotopic (exact) mass is 359 g/mol. The maximum absolute atomic E-state index is 12.3. The number of aromatic nitrogens is 1. The van der Waals surface area contributed by atoms with Crippen molar-refractivity contribution in [3.05, 3.63) is 64.4 Å². The Hall–Kier alpha value is -2.40. The molecule has 0 atom stereocenters. The number of nitrogens with one attached hydrogen (secondary N) is 1. The molecule has 0 spiro atoms. The summed E-state index contributed by atoms with van der Waals surface area (Å²) in [5.74, 6) is -0.463. The highest BCUT2D eigenvalue weighted by Gasteiger charge is 2.16. The van der Waals surface area contributed by atoms with Gasteiger partial charge in [-0.15, -0.1) is 0 Å². The van der Waals surface area contributed by atoms with Crippen LogP contribution in [0.15, 0.2) is 42.5 Å². The number of hydrogen-bond acceptors (Lipinski definition) is 3. The van der Waals surface area contributed by atoms with E-state index in [2.05, 4.69) is 10.3 Å². The zero-order valence-electron chi connectivity index (χ0n) is 14.5. The Bertz CT molecular complexity index is 745. The summed E-state index contributed by atoms with van der Waals surface area (Å²) in [6.45, 7) is 5.50. The predicted molar refractivity (Wildman–Crippen MR) is 99.0 cm³/mol. The second kappa shape index (κ2) is 9.18. The van der Waals surface area contributed by atoms with Gasteiger partial charge < -0.3 is 10.2 Å². The lowest BCUT2D eigenvalue weighted by molar-refractivity contribution is 0.0767. The number of pyridine rings is 1. The molecule has 2 amide bonds. The Morgan fingerprint density at radius 2 is 1.76 bits per heavy atom. The second-order valence-corrected chi connectivity index (χ2v) is 5.96. The molecule has 0 aliphatic carbocycles. The predicted octanol–water partition coefficient (Wildman–Crippen LogP) is 3.19. The van der Waals surface area contributed by atoms with Crippen LogP contribution in [0.2, 0.25) is 5.02 Å². The van der Waals surface area contributed by atoms with E-state index >= 15 is 0 Å². The van der Waals surface area contributed by atoms with Gasteiger partial charge in [0.25, 0.3) is 11.8 Å². The van der Waals surface area contributed by atoms with Crippen LogP contribution in [-0.4, -0.2) is 41.3 Å². The summed E-state index contributed by atoms with van der Waals surface area (Å²) in [6, 6.07) is 12.4. The van der Waals surface area contributed by atoms with Gasteiger partial charge in [-0.25, -0.2) is 4.98 Å². The van der Waals surface area contributed by atoms with Crippen LogP contribution in [0.1, 0.15) is 40.4 Å². The first kappa shape index (κ1) is 18.9. The van der Waals surface area contributed by atoms with E-state index in [4.69, 9.17) is 11.6 Å². The van der Waals surface area contributed by atoms with Crippen LogP contribution in [0.5, 0.6) is 0 Å². The molecule has 0 saturated carbocycles. The van der Waals surface area contributed by atoms with Crippen LogP contribution in [-0.2, 0) is 6.42 Å². The van der Waals surface area contributed by atoms with Gasteiger partial charge in [-0.2, -0.15) is 0 Å². The second-order valence-electron chi connectivity index (χ2n) is 5.52. The first-order chi connectivity index (χ1) is 12.0. The zero-order valence-corrected chi connectivity index (χ0v) is 15.2. The molecular formula is C19H22ClN3O2. The fraction of sp³-hybridized carbons (Fsp3) is 0.316. The minimum Gasteiger partial charge on any atom is -0.350 e. The van der Waals surface area contributed by atoms with E-state index in [1.807, 2.05) is 38.1 Å². The topological polar surface area (TPSA) is 62.3 Å². The molecule has 0 fully saturated rings. The van der Waals surface area contributed by atoms with Gasteiger partial charge in [0, 0.05) is 24.7 Å². The van der Waals surface area contributed by atoms with Crippen LogP contribution in [0, 0.1) is 0 Å². The third-order valence-electron chi connectivity index (χ3n) is 3.84. The molecule has 132 valence electrons. The molecule has 6 heteroatoms. The summed E-state index contributed by atoms with van der Waals surface area (Å²) < 4.78 is 0. The van der Waals surface area contributed by atoms with Crippen molar-refractivity contribution >= 4 is 23.4 Å². The molecule has 0 radical (unpaired) electrons. The van der Waals surface area contributed by atoms with Gasteiger partial charge in [-0.1, -0.05) is 29.8 Å². The van der Waals surface area contributed by atoms with E-state index in [1.165, 1.54) is 0 Å². The van der Waals surface area contributed by atoms with E-state index in [0.29, 0.717) is 31.1 Å². The summed E-state index contributed by atoms with van der Waals surface area (Å²) in [6.07, 6.45) is 0.671. The third kappa shape index (κ3) is 5.29. The van der Waals surface area contributed by atoms with Gasteiger partial charge in [0.1, 0.15) is 11.4 Å². The molecule has 5 nitrogen and oxygen atoms in total. The van der Waals surface area contributed by atoms with Gasteiger partial charge in [-0.3, -0.25) is 9.59 Å². The Morgan fingerprint density at radius 3 is 2.44 bits per heavy atom. The molecule has 0 aliphatic heterocycles. The Labute approximate surface area is 153 Å². The highest BCUT2D eigenvalue weighted by Crippen LogP contribution is 2.11. The van der Waals surface area contributed by atoms with Crippen LogP contribution in [0.3, 0.4) is 0 Å². The fourth-order valence-corrected chi connectivity index (χ4v) is 2.67. The number of halogens is 1. The van der Waals surface area contributed by atoms with E-state index in [1.54, 1.807) is 23.1 Å². The summed E-state index contributed by atoms with van der Waals surface area (Å²) in [5.41, 5.74) is 1.57. The average molecular weight is 360 g/mol. The molecule has 1 N–H and O–H groups in total. The Balaban J connectivity index is 1.97. The van der Waals surface area contributed by atoms with Gasteiger partial charge in [0.15, 0.2) is 0 Å². The number of carbonyl (C=O) groups excluding carboxylic acids is 2. The number of nitrogens with zero attached hydrogens (tertiary/aromatic N) is 2. The van der Waals surface area contributed by atoms with Gasteiger partial charge in [0.2, 0.25) is 0 Å². The maximum atomic E-state index is 12.3. The molecule has 0 aliphatic rings. The fourth-order valence-electron chi connectivity index (χ4n) is 2.46. The summed E-state index contributed by atoms with van der Waals surface area (Å²) in [5, 5.41) is 3.49. The van der Waals surface area contributed by atoms with Crippen molar-refractivity contribution in [2.45, 2.75) is 20.3 Å². The van der Waals surface area contributed by atoms with Crippen molar-refractivity contribution in [3.63, 3.8) is 0 Å². The molecule has 1 aromatic heterocycles. The van der Waals surface area contributed by atoms with Crippen LogP contribution in [0.4, 0.5) is 0 Å². The van der Waals surface area contributed by atoms with E-state index in [0.717, 1.165) is 5.56 Å². The van der Waals surface area contributed by atoms with Crippen molar-refractivity contribution < 1.29 is 9.59 Å². The van der Waals surface area contributed by atoms with Gasteiger partial charge in [0.05, 0.1) is 0 Å². The van der Waals surface area contributed by atoms with Crippen molar-refractivity contribution in [2.75, 3.05) is 19.6 Å². The summed E-state index contributed by atoms with van der Waals surface area (Å²) in [4.78, 5) is 30.5. The minimum absolute atomic E-state index is 0.168. The smallest absolute Gasteiger partial charge is 0.272 e. The molecule has 1 aromatic carbocycles.